The minimum Gasteiger partial charge on any atom is -0.356 e. The van der Waals surface area contributed by atoms with Crippen molar-refractivity contribution in [3.8, 4) is 0 Å². The zero-order valence-electron chi connectivity index (χ0n) is 18.0. The lowest BCUT2D eigenvalue weighted by molar-refractivity contribution is -0.134. The molecule has 0 unspecified atom stereocenters. The van der Waals surface area contributed by atoms with Crippen molar-refractivity contribution in [2.45, 2.75) is 57.3 Å². The van der Waals surface area contributed by atoms with Gasteiger partial charge in [0, 0.05) is 45.6 Å². The Kier molecular flexibility index (Phi) is 7.52. The maximum absolute atomic E-state index is 13.0. The molecule has 0 aromatic heterocycles. The van der Waals surface area contributed by atoms with Crippen molar-refractivity contribution >= 4 is 21.8 Å². The number of carbonyl (C=O) groups excluding carboxylic acids is 2. The number of piperazine rings is 1. The summed E-state index contributed by atoms with van der Waals surface area (Å²) in [7, 11) is -3.57. The number of aryl methyl sites for hydroxylation is 2. The number of carbonyl (C=O) groups is 2. The second kappa shape index (κ2) is 9.92. The van der Waals surface area contributed by atoms with Crippen molar-refractivity contribution in [2.75, 3.05) is 32.7 Å². The fourth-order valence-corrected chi connectivity index (χ4v) is 5.97. The molecule has 166 valence electrons. The third-order valence-corrected chi connectivity index (χ3v) is 8.22. The molecular weight excluding hydrogens is 402 g/mol. The molecule has 1 N–H and O–H groups in total. The van der Waals surface area contributed by atoms with E-state index in [1.54, 1.807) is 17.9 Å². The molecule has 1 saturated heterocycles. The van der Waals surface area contributed by atoms with Crippen LogP contribution in [0, 0.1) is 19.8 Å². The van der Waals surface area contributed by atoms with Crippen LogP contribution in [0.4, 0.5) is 0 Å². The van der Waals surface area contributed by atoms with Gasteiger partial charge in [-0.15, -0.1) is 0 Å². The second-order valence-corrected chi connectivity index (χ2v) is 10.4. The second-order valence-electron chi connectivity index (χ2n) is 8.51. The predicted octanol–water partition coefficient (Wildman–Crippen LogP) is 2.22. The molecule has 2 fully saturated rings. The van der Waals surface area contributed by atoms with Crippen LogP contribution in [-0.2, 0) is 19.6 Å². The molecule has 30 heavy (non-hydrogen) atoms. The summed E-state index contributed by atoms with van der Waals surface area (Å²) in [5.41, 5.74) is 1.63. The lowest BCUT2D eigenvalue weighted by Gasteiger charge is -2.34. The van der Waals surface area contributed by atoms with Crippen LogP contribution >= 0.6 is 0 Å². The number of hydrogen-bond acceptors (Lipinski definition) is 4. The first-order chi connectivity index (χ1) is 14.3. The van der Waals surface area contributed by atoms with E-state index in [1.807, 2.05) is 19.1 Å². The number of sulfonamides is 1. The van der Waals surface area contributed by atoms with Gasteiger partial charge in [-0.1, -0.05) is 25.0 Å². The van der Waals surface area contributed by atoms with Crippen LogP contribution in [0.2, 0.25) is 0 Å². The highest BCUT2D eigenvalue weighted by Crippen LogP contribution is 2.24. The van der Waals surface area contributed by atoms with E-state index in [9.17, 15) is 18.0 Å². The first kappa shape index (κ1) is 22.7. The van der Waals surface area contributed by atoms with Gasteiger partial charge in [-0.2, -0.15) is 4.31 Å². The van der Waals surface area contributed by atoms with Crippen molar-refractivity contribution in [1.82, 2.24) is 14.5 Å². The molecule has 0 atom stereocenters. The number of hydrogen-bond donors (Lipinski definition) is 1. The highest BCUT2D eigenvalue weighted by atomic mass is 32.2. The molecule has 1 aliphatic heterocycles. The van der Waals surface area contributed by atoms with Crippen LogP contribution in [0.15, 0.2) is 23.1 Å². The SMILES string of the molecule is Cc1ccc(C)c(S(=O)(=O)N2CCN(C(=O)CCC(=O)NCC3CCCC3)CC2)c1. The van der Waals surface area contributed by atoms with E-state index in [4.69, 9.17) is 0 Å². The van der Waals surface area contributed by atoms with Gasteiger partial charge >= 0.3 is 0 Å². The van der Waals surface area contributed by atoms with Gasteiger partial charge in [0.15, 0.2) is 0 Å². The van der Waals surface area contributed by atoms with Crippen molar-refractivity contribution < 1.29 is 18.0 Å². The molecular formula is C22H33N3O4S. The topological polar surface area (TPSA) is 86.8 Å². The van der Waals surface area contributed by atoms with E-state index in [-0.39, 0.29) is 37.7 Å². The summed E-state index contributed by atoms with van der Waals surface area (Å²) in [6, 6.07) is 5.42. The van der Waals surface area contributed by atoms with Crippen LogP contribution in [-0.4, -0.2) is 62.2 Å². The van der Waals surface area contributed by atoms with E-state index in [0.29, 0.717) is 30.4 Å². The Bertz CT molecular complexity index is 870. The Hall–Kier alpha value is -1.93. The average Bonchev–Trinajstić information content (AvgIpc) is 3.26. The van der Waals surface area contributed by atoms with Crippen LogP contribution in [0.1, 0.15) is 49.7 Å². The molecule has 0 radical (unpaired) electrons. The Balaban J connectivity index is 1.45. The average molecular weight is 436 g/mol. The van der Waals surface area contributed by atoms with Crippen molar-refractivity contribution in [1.29, 1.82) is 0 Å². The van der Waals surface area contributed by atoms with Crippen molar-refractivity contribution in [3.05, 3.63) is 29.3 Å². The zero-order chi connectivity index (χ0) is 21.7. The predicted molar refractivity (Wildman–Crippen MR) is 115 cm³/mol. The lowest BCUT2D eigenvalue weighted by Crippen LogP contribution is -2.50. The Morgan fingerprint density at radius 3 is 2.37 bits per heavy atom. The number of nitrogens with zero attached hydrogens (tertiary/aromatic N) is 2. The Morgan fingerprint density at radius 2 is 1.70 bits per heavy atom. The van der Waals surface area contributed by atoms with Gasteiger partial charge in [0.1, 0.15) is 0 Å². The van der Waals surface area contributed by atoms with Crippen molar-refractivity contribution in [2.24, 2.45) is 5.92 Å². The molecule has 1 heterocycles. The summed E-state index contributed by atoms with van der Waals surface area (Å²) < 4.78 is 27.5. The first-order valence-corrected chi connectivity index (χ1v) is 12.3. The van der Waals surface area contributed by atoms with E-state index in [1.165, 1.54) is 30.0 Å². The molecule has 1 aromatic carbocycles. The normalized spacial score (nSPS) is 18.5. The molecule has 1 aliphatic carbocycles. The standard InChI is InChI=1S/C22H33N3O4S/c1-17-7-8-18(2)20(15-17)30(28,29)25-13-11-24(12-14-25)22(27)10-9-21(26)23-16-19-5-3-4-6-19/h7-8,15,19H,3-6,9-14,16H2,1-2H3,(H,23,26). The number of nitrogens with one attached hydrogen (secondary N) is 1. The largest absolute Gasteiger partial charge is 0.356 e. The van der Waals surface area contributed by atoms with E-state index < -0.39 is 10.0 Å². The Labute approximate surface area is 179 Å². The molecule has 1 saturated carbocycles. The van der Waals surface area contributed by atoms with E-state index in [2.05, 4.69) is 5.32 Å². The van der Waals surface area contributed by atoms with Crippen molar-refractivity contribution in [3.63, 3.8) is 0 Å². The van der Waals surface area contributed by atoms with Gasteiger partial charge in [0.2, 0.25) is 21.8 Å². The maximum Gasteiger partial charge on any atom is 0.243 e. The van der Waals surface area contributed by atoms with Gasteiger partial charge in [-0.3, -0.25) is 9.59 Å². The summed E-state index contributed by atoms with van der Waals surface area (Å²) in [5, 5.41) is 2.94. The zero-order valence-corrected chi connectivity index (χ0v) is 18.8. The molecule has 2 aliphatic rings. The third kappa shape index (κ3) is 5.60. The third-order valence-electron chi connectivity index (χ3n) is 6.18. The van der Waals surface area contributed by atoms with Gasteiger partial charge < -0.3 is 10.2 Å². The molecule has 7 nitrogen and oxygen atoms in total. The van der Waals surface area contributed by atoms with Gasteiger partial charge in [0.25, 0.3) is 0 Å². The van der Waals surface area contributed by atoms with Gasteiger partial charge in [-0.05, 0) is 49.8 Å². The summed E-state index contributed by atoms with van der Waals surface area (Å²) in [4.78, 5) is 26.5. The number of amides is 2. The Morgan fingerprint density at radius 1 is 1.03 bits per heavy atom. The van der Waals surface area contributed by atoms with Crippen LogP contribution < -0.4 is 5.32 Å². The maximum atomic E-state index is 13.0. The molecule has 0 spiro atoms. The first-order valence-electron chi connectivity index (χ1n) is 10.9. The lowest BCUT2D eigenvalue weighted by atomic mass is 10.1. The summed E-state index contributed by atoms with van der Waals surface area (Å²) >= 11 is 0. The van der Waals surface area contributed by atoms with Gasteiger partial charge in [-0.25, -0.2) is 8.42 Å². The minimum absolute atomic E-state index is 0.0774. The fourth-order valence-electron chi connectivity index (χ4n) is 4.24. The monoisotopic (exact) mass is 435 g/mol. The summed E-state index contributed by atoms with van der Waals surface area (Å²) in [6.45, 7) is 5.63. The summed E-state index contributed by atoms with van der Waals surface area (Å²) in [5.74, 6) is 0.415. The molecule has 3 rings (SSSR count). The van der Waals surface area contributed by atoms with Crippen LogP contribution in [0.25, 0.3) is 0 Å². The van der Waals surface area contributed by atoms with E-state index >= 15 is 0 Å². The highest BCUT2D eigenvalue weighted by molar-refractivity contribution is 7.89. The van der Waals surface area contributed by atoms with Crippen LogP contribution in [0.5, 0.6) is 0 Å². The quantitative estimate of drug-likeness (QED) is 0.712. The van der Waals surface area contributed by atoms with Gasteiger partial charge in [0.05, 0.1) is 4.90 Å². The number of rotatable bonds is 7. The summed E-state index contributed by atoms with van der Waals surface area (Å²) in [6.07, 6.45) is 5.18. The number of benzene rings is 1. The highest BCUT2D eigenvalue weighted by Gasteiger charge is 2.31. The molecule has 8 heteroatoms. The molecule has 0 bridgehead atoms. The smallest absolute Gasteiger partial charge is 0.243 e. The fraction of sp³-hybridized carbons (Fsp3) is 0.636. The van der Waals surface area contributed by atoms with Crippen LogP contribution in [0.3, 0.4) is 0 Å². The molecule has 1 aromatic rings. The van der Waals surface area contributed by atoms with E-state index in [0.717, 1.165) is 11.1 Å². The minimum atomic E-state index is -3.57. The molecule has 2 amide bonds.